The highest BCUT2D eigenvalue weighted by atomic mass is 79.9. The van der Waals surface area contributed by atoms with E-state index in [1.54, 1.807) is 18.3 Å². The van der Waals surface area contributed by atoms with Crippen LogP contribution in [0.5, 0.6) is 0 Å². The minimum atomic E-state index is -0.162. The molecule has 1 amide bonds. The van der Waals surface area contributed by atoms with E-state index in [0.717, 1.165) is 16.5 Å². The van der Waals surface area contributed by atoms with Crippen molar-refractivity contribution in [2.24, 2.45) is 0 Å². The summed E-state index contributed by atoms with van der Waals surface area (Å²) in [7, 11) is 0. The van der Waals surface area contributed by atoms with Gasteiger partial charge in [-0.3, -0.25) is 4.79 Å². The van der Waals surface area contributed by atoms with E-state index < -0.39 is 0 Å². The second-order valence-electron chi connectivity index (χ2n) is 4.51. The van der Waals surface area contributed by atoms with Crippen LogP contribution in [0.25, 0.3) is 0 Å². The molecule has 0 saturated heterocycles. The second-order valence-corrected chi connectivity index (χ2v) is 5.42. The highest BCUT2D eigenvalue weighted by Gasteiger charge is 2.05. The molecule has 0 atom stereocenters. The molecule has 5 heteroatoms. The van der Waals surface area contributed by atoms with Crippen LogP contribution in [0.4, 0.5) is 0 Å². The summed E-state index contributed by atoms with van der Waals surface area (Å²) in [4.78, 5) is 15.8. The van der Waals surface area contributed by atoms with Gasteiger partial charge in [-0.05, 0) is 40.0 Å². The fourth-order valence-electron chi connectivity index (χ4n) is 1.74. The van der Waals surface area contributed by atoms with Gasteiger partial charge in [0.05, 0.1) is 6.61 Å². The Hall–Kier alpha value is -1.72. The molecular formula is C16H17BrN2O2. The number of rotatable bonds is 7. The van der Waals surface area contributed by atoms with Crippen molar-refractivity contribution in [1.29, 1.82) is 0 Å². The summed E-state index contributed by atoms with van der Waals surface area (Å²) < 4.78 is 6.40. The van der Waals surface area contributed by atoms with Crippen LogP contribution in [0.3, 0.4) is 0 Å². The number of nitrogens with one attached hydrogen (secondary N) is 1. The van der Waals surface area contributed by atoms with Crippen molar-refractivity contribution in [3.05, 3.63) is 64.4 Å². The van der Waals surface area contributed by atoms with Crippen molar-refractivity contribution in [3.8, 4) is 0 Å². The molecule has 1 aromatic carbocycles. The lowest BCUT2D eigenvalue weighted by Gasteiger charge is -2.06. The summed E-state index contributed by atoms with van der Waals surface area (Å²) in [5.74, 6) is -0.162. The van der Waals surface area contributed by atoms with E-state index in [1.165, 1.54) is 0 Å². The summed E-state index contributed by atoms with van der Waals surface area (Å²) in [6.45, 7) is 1.79. The van der Waals surface area contributed by atoms with Gasteiger partial charge in [-0.25, -0.2) is 4.98 Å². The lowest BCUT2D eigenvalue weighted by molar-refractivity contribution is 0.0930. The number of benzene rings is 1. The number of nitrogens with zero attached hydrogens (tertiary/aromatic N) is 1. The van der Waals surface area contributed by atoms with Crippen LogP contribution in [-0.4, -0.2) is 24.0 Å². The van der Waals surface area contributed by atoms with Gasteiger partial charge in [0.2, 0.25) is 0 Å². The van der Waals surface area contributed by atoms with E-state index in [2.05, 4.69) is 26.2 Å². The van der Waals surface area contributed by atoms with Crippen molar-refractivity contribution in [2.75, 3.05) is 13.2 Å². The van der Waals surface area contributed by atoms with Crippen molar-refractivity contribution < 1.29 is 9.53 Å². The summed E-state index contributed by atoms with van der Waals surface area (Å²) >= 11 is 3.28. The maximum atomic E-state index is 11.8. The molecule has 0 aliphatic carbocycles. The van der Waals surface area contributed by atoms with E-state index in [0.29, 0.717) is 25.5 Å². The van der Waals surface area contributed by atoms with Crippen molar-refractivity contribution in [2.45, 2.75) is 13.0 Å². The SMILES string of the molecule is O=C(NCCCOCc1ccccc1)c1ccc(Br)cn1. The zero-order valence-electron chi connectivity index (χ0n) is 11.6. The fourth-order valence-corrected chi connectivity index (χ4v) is 1.98. The Balaban J connectivity index is 1.59. The first-order valence-corrected chi connectivity index (χ1v) is 7.56. The zero-order valence-corrected chi connectivity index (χ0v) is 13.2. The normalized spacial score (nSPS) is 10.3. The summed E-state index contributed by atoms with van der Waals surface area (Å²) in [6.07, 6.45) is 2.38. The highest BCUT2D eigenvalue weighted by molar-refractivity contribution is 9.10. The van der Waals surface area contributed by atoms with Gasteiger partial charge in [-0.2, -0.15) is 0 Å². The van der Waals surface area contributed by atoms with Gasteiger partial charge in [-0.15, -0.1) is 0 Å². The smallest absolute Gasteiger partial charge is 0.269 e. The van der Waals surface area contributed by atoms with E-state index in [4.69, 9.17) is 4.74 Å². The lowest BCUT2D eigenvalue weighted by atomic mass is 10.2. The maximum absolute atomic E-state index is 11.8. The Morgan fingerprint density at radius 3 is 2.71 bits per heavy atom. The van der Waals surface area contributed by atoms with Gasteiger partial charge in [0.1, 0.15) is 5.69 Å². The van der Waals surface area contributed by atoms with E-state index in [-0.39, 0.29) is 5.91 Å². The molecule has 2 aromatic rings. The van der Waals surface area contributed by atoms with Crippen molar-refractivity contribution in [3.63, 3.8) is 0 Å². The molecule has 110 valence electrons. The minimum Gasteiger partial charge on any atom is -0.377 e. The predicted molar refractivity (Wildman–Crippen MR) is 85.0 cm³/mol. The van der Waals surface area contributed by atoms with Crippen LogP contribution in [0.1, 0.15) is 22.5 Å². The second kappa shape index (κ2) is 8.54. The molecule has 1 N–H and O–H groups in total. The topological polar surface area (TPSA) is 51.2 Å². The highest BCUT2D eigenvalue weighted by Crippen LogP contribution is 2.07. The molecule has 2 rings (SSSR count). The summed E-state index contributed by atoms with van der Waals surface area (Å²) in [6, 6.07) is 13.5. The molecule has 0 aliphatic rings. The molecule has 0 radical (unpaired) electrons. The van der Waals surface area contributed by atoms with Crippen LogP contribution in [0, 0.1) is 0 Å². The summed E-state index contributed by atoms with van der Waals surface area (Å²) in [5, 5.41) is 2.82. The van der Waals surface area contributed by atoms with Gasteiger partial charge in [0, 0.05) is 23.8 Å². The Morgan fingerprint density at radius 2 is 2.00 bits per heavy atom. The largest absolute Gasteiger partial charge is 0.377 e. The molecule has 1 heterocycles. The van der Waals surface area contributed by atoms with Gasteiger partial charge in [0.15, 0.2) is 0 Å². The molecule has 0 aliphatic heterocycles. The lowest BCUT2D eigenvalue weighted by Crippen LogP contribution is -2.26. The standard InChI is InChI=1S/C16H17BrN2O2/c17-14-7-8-15(19-11-14)16(20)18-9-4-10-21-12-13-5-2-1-3-6-13/h1-3,5-8,11H,4,9-10,12H2,(H,18,20). The number of carbonyl (C=O) groups is 1. The minimum absolute atomic E-state index is 0.162. The van der Waals surface area contributed by atoms with E-state index in [1.807, 2.05) is 30.3 Å². The molecule has 0 saturated carbocycles. The third-order valence-electron chi connectivity index (χ3n) is 2.82. The Morgan fingerprint density at radius 1 is 1.19 bits per heavy atom. The molecule has 0 fully saturated rings. The molecule has 4 nitrogen and oxygen atoms in total. The first-order valence-electron chi connectivity index (χ1n) is 6.77. The summed E-state index contributed by atoms with van der Waals surface area (Å²) in [5.41, 5.74) is 1.57. The molecule has 0 unspecified atom stereocenters. The maximum Gasteiger partial charge on any atom is 0.269 e. The van der Waals surface area contributed by atoms with Crippen LogP contribution in [0.2, 0.25) is 0 Å². The first kappa shape index (κ1) is 15.7. The van der Waals surface area contributed by atoms with Gasteiger partial charge in [0.25, 0.3) is 5.91 Å². The number of hydrogen-bond acceptors (Lipinski definition) is 3. The third-order valence-corrected chi connectivity index (χ3v) is 3.29. The Bertz CT molecular complexity index is 558. The van der Waals surface area contributed by atoms with Gasteiger partial charge < -0.3 is 10.1 Å². The quantitative estimate of drug-likeness (QED) is 0.781. The number of halogens is 1. The number of pyridine rings is 1. The Kier molecular flexibility index (Phi) is 6.37. The predicted octanol–water partition coefficient (Wildman–Crippen LogP) is 3.18. The third kappa shape index (κ3) is 5.65. The molecule has 1 aromatic heterocycles. The molecule has 0 spiro atoms. The van der Waals surface area contributed by atoms with Crippen molar-refractivity contribution >= 4 is 21.8 Å². The van der Waals surface area contributed by atoms with Crippen molar-refractivity contribution in [1.82, 2.24) is 10.3 Å². The molecular weight excluding hydrogens is 332 g/mol. The van der Waals surface area contributed by atoms with E-state index >= 15 is 0 Å². The monoisotopic (exact) mass is 348 g/mol. The zero-order chi connectivity index (χ0) is 14.9. The van der Waals surface area contributed by atoms with Gasteiger partial charge >= 0.3 is 0 Å². The van der Waals surface area contributed by atoms with Gasteiger partial charge in [-0.1, -0.05) is 30.3 Å². The van der Waals surface area contributed by atoms with Crippen LogP contribution < -0.4 is 5.32 Å². The van der Waals surface area contributed by atoms with E-state index in [9.17, 15) is 4.79 Å². The number of carbonyl (C=O) groups excluding carboxylic acids is 1. The average molecular weight is 349 g/mol. The molecule has 21 heavy (non-hydrogen) atoms. The number of ether oxygens (including phenoxy) is 1. The van der Waals surface area contributed by atoms with Crippen LogP contribution in [-0.2, 0) is 11.3 Å². The van der Waals surface area contributed by atoms with Crippen LogP contribution >= 0.6 is 15.9 Å². The first-order chi connectivity index (χ1) is 10.3. The number of hydrogen-bond donors (Lipinski definition) is 1. The van der Waals surface area contributed by atoms with Crippen LogP contribution in [0.15, 0.2) is 53.1 Å². The number of amides is 1. The Labute approximate surface area is 132 Å². The molecule has 0 bridgehead atoms. The average Bonchev–Trinajstić information content (AvgIpc) is 2.52. The number of aromatic nitrogens is 1. The fraction of sp³-hybridized carbons (Fsp3) is 0.250.